The van der Waals surface area contributed by atoms with Gasteiger partial charge in [-0.1, -0.05) is 12.1 Å². The van der Waals surface area contributed by atoms with E-state index in [1.807, 2.05) is 25.1 Å². The fourth-order valence-electron chi connectivity index (χ4n) is 1.43. The van der Waals surface area contributed by atoms with Crippen LogP contribution in [0.25, 0.3) is 0 Å². The van der Waals surface area contributed by atoms with Gasteiger partial charge in [0.2, 0.25) is 0 Å². The summed E-state index contributed by atoms with van der Waals surface area (Å²) in [5.41, 5.74) is 1.22. The number of hydrogen-bond donors (Lipinski definition) is 2. The molecule has 0 spiro atoms. The van der Waals surface area contributed by atoms with Gasteiger partial charge in [-0.3, -0.25) is 9.59 Å². The second kappa shape index (κ2) is 4.61. The van der Waals surface area contributed by atoms with Gasteiger partial charge in [0.1, 0.15) is 5.56 Å². The zero-order valence-corrected chi connectivity index (χ0v) is 9.23. The molecule has 5 heteroatoms. The predicted molar refractivity (Wildman–Crippen MR) is 64.0 cm³/mol. The second-order valence-electron chi connectivity index (χ2n) is 3.62. The molecule has 2 rings (SSSR count). The lowest BCUT2D eigenvalue weighted by molar-refractivity contribution is 0.102. The van der Waals surface area contributed by atoms with Crippen LogP contribution in [0.4, 0.5) is 5.69 Å². The van der Waals surface area contributed by atoms with E-state index >= 15 is 0 Å². The average molecular weight is 229 g/mol. The highest BCUT2D eigenvalue weighted by Gasteiger charge is 2.10. The topological polar surface area (TPSA) is 74.8 Å². The van der Waals surface area contributed by atoms with Gasteiger partial charge in [-0.2, -0.15) is 0 Å². The van der Waals surface area contributed by atoms with Gasteiger partial charge < -0.3 is 10.3 Å². The molecule has 5 nitrogen and oxygen atoms in total. The number of nitrogens with one attached hydrogen (secondary N) is 2. The number of nitrogens with zero attached hydrogens (tertiary/aromatic N) is 1. The summed E-state index contributed by atoms with van der Waals surface area (Å²) in [7, 11) is 0. The van der Waals surface area contributed by atoms with Crippen LogP contribution in [0.1, 0.15) is 15.9 Å². The molecular formula is C12H11N3O2. The van der Waals surface area contributed by atoms with E-state index in [1.54, 1.807) is 6.07 Å². The van der Waals surface area contributed by atoms with E-state index in [0.717, 1.165) is 5.56 Å². The third kappa shape index (κ3) is 2.57. The van der Waals surface area contributed by atoms with Gasteiger partial charge >= 0.3 is 0 Å². The Morgan fingerprint density at radius 2 is 2.24 bits per heavy atom. The third-order valence-corrected chi connectivity index (χ3v) is 2.24. The fourth-order valence-corrected chi connectivity index (χ4v) is 1.43. The quantitative estimate of drug-likeness (QED) is 0.815. The Bertz CT molecular complexity index is 604. The molecule has 1 heterocycles. The van der Waals surface area contributed by atoms with E-state index in [9.17, 15) is 9.59 Å². The molecule has 2 N–H and O–H groups in total. The molecule has 0 aliphatic carbocycles. The second-order valence-corrected chi connectivity index (χ2v) is 3.62. The van der Waals surface area contributed by atoms with Crippen molar-refractivity contribution < 1.29 is 4.79 Å². The van der Waals surface area contributed by atoms with Crippen LogP contribution >= 0.6 is 0 Å². The minimum atomic E-state index is -0.468. The summed E-state index contributed by atoms with van der Waals surface area (Å²) in [5.74, 6) is -0.468. The van der Waals surface area contributed by atoms with Crippen molar-refractivity contribution in [3.63, 3.8) is 0 Å². The Kier molecular flexibility index (Phi) is 3.00. The third-order valence-electron chi connectivity index (χ3n) is 2.24. The molecule has 1 aromatic carbocycles. The number of rotatable bonds is 2. The Labute approximate surface area is 97.5 Å². The molecule has 0 fully saturated rings. The van der Waals surface area contributed by atoms with E-state index in [-0.39, 0.29) is 5.56 Å². The largest absolute Gasteiger partial charge is 0.322 e. The van der Waals surface area contributed by atoms with Gasteiger partial charge in [0.25, 0.3) is 11.5 Å². The highest BCUT2D eigenvalue weighted by molar-refractivity contribution is 6.03. The highest BCUT2D eigenvalue weighted by Crippen LogP contribution is 2.10. The van der Waals surface area contributed by atoms with E-state index in [1.165, 1.54) is 12.5 Å². The molecule has 17 heavy (non-hydrogen) atoms. The Morgan fingerprint density at radius 1 is 1.41 bits per heavy atom. The maximum atomic E-state index is 11.8. The van der Waals surface area contributed by atoms with E-state index in [2.05, 4.69) is 15.3 Å². The standard InChI is InChI=1S/C12H11N3O2/c1-8-3-2-4-9(5-8)15-12(17)10-6-13-7-14-11(10)16/h2-7H,1H3,(H,15,17)(H,13,14,16). The predicted octanol–water partition coefficient (Wildman–Crippen LogP) is 1.33. The van der Waals surface area contributed by atoms with Gasteiger partial charge in [0, 0.05) is 11.9 Å². The number of H-pyrrole nitrogens is 1. The fraction of sp³-hybridized carbons (Fsp3) is 0.0833. The number of aryl methyl sites for hydroxylation is 1. The maximum Gasteiger partial charge on any atom is 0.263 e. The van der Waals surface area contributed by atoms with E-state index in [4.69, 9.17) is 0 Å². The molecule has 0 atom stereocenters. The molecule has 0 bridgehead atoms. The van der Waals surface area contributed by atoms with Crippen LogP contribution in [0.15, 0.2) is 41.6 Å². The minimum Gasteiger partial charge on any atom is -0.322 e. The molecular weight excluding hydrogens is 218 g/mol. The highest BCUT2D eigenvalue weighted by atomic mass is 16.2. The lowest BCUT2D eigenvalue weighted by atomic mass is 10.2. The molecule has 0 radical (unpaired) electrons. The SMILES string of the molecule is Cc1cccc(NC(=O)c2cnc[nH]c2=O)c1. The number of amides is 1. The lowest BCUT2D eigenvalue weighted by Crippen LogP contribution is -2.23. The van der Waals surface area contributed by atoms with Crippen LogP contribution in [0.2, 0.25) is 0 Å². The van der Waals surface area contributed by atoms with Crippen molar-refractivity contribution in [2.24, 2.45) is 0 Å². The van der Waals surface area contributed by atoms with Crippen LogP contribution in [-0.2, 0) is 0 Å². The molecule has 0 aliphatic rings. The van der Waals surface area contributed by atoms with Crippen molar-refractivity contribution in [3.05, 3.63) is 58.3 Å². The minimum absolute atomic E-state index is 0.00555. The summed E-state index contributed by atoms with van der Waals surface area (Å²) in [4.78, 5) is 29.2. The molecule has 2 aromatic rings. The maximum absolute atomic E-state index is 11.8. The van der Waals surface area contributed by atoms with Gasteiger partial charge in [0.15, 0.2) is 0 Å². The Morgan fingerprint density at radius 3 is 2.94 bits per heavy atom. The van der Waals surface area contributed by atoms with Crippen molar-refractivity contribution in [1.82, 2.24) is 9.97 Å². The van der Waals surface area contributed by atoms with Crippen molar-refractivity contribution in [2.45, 2.75) is 6.92 Å². The number of hydrogen-bond acceptors (Lipinski definition) is 3. The lowest BCUT2D eigenvalue weighted by Gasteiger charge is -2.04. The van der Waals surface area contributed by atoms with E-state index in [0.29, 0.717) is 5.69 Å². The first-order valence-electron chi connectivity index (χ1n) is 5.07. The van der Waals surface area contributed by atoms with Crippen LogP contribution < -0.4 is 10.9 Å². The van der Waals surface area contributed by atoms with Crippen LogP contribution in [0.3, 0.4) is 0 Å². The van der Waals surface area contributed by atoms with Crippen molar-refractivity contribution in [3.8, 4) is 0 Å². The molecule has 0 saturated carbocycles. The normalized spacial score (nSPS) is 9.94. The molecule has 1 amide bonds. The summed E-state index contributed by atoms with van der Waals surface area (Å²) >= 11 is 0. The number of aromatic nitrogens is 2. The number of aromatic amines is 1. The summed E-state index contributed by atoms with van der Waals surface area (Å²) < 4.78 is 0. The Balaban J connectivity index is 2.23. The number of carbonyl (C=O) groups is 1. The molecule has 0 unspecified atom stereocenters. The molecule has 0 aliphatic heterocycles. The van der Waals surface area contributed by atoms with Crippen molar-refractivity contribution in [2.75, 3.05) is 5.32 Å². The zero-order valence-electron chi connectivity index (χ0n) is 9.23. The summed E-state index contributed by atoms with van der Waals surface area (Å²) in [6.07, 6.45) is 2.48. The Hall–Kier alpha value is -2.43. The number of benzene rings is 1. The molecule has 86 valence electrons. The van der Waals surface area contributed by atoms with Gasteiger partial charge in [-0.25, -0.2) is 4.98 Å². The first-order valence-corrected chi connectivity index (χ1v) is 5.07. The summed E-state index contributed by atoms with van der Waals surface area (Å²) in [5, 5.41) is 2.64. The average Bonchev–Trinajstić information content (AvgIpc) is 2.29. The van der Waals surface area contributed by atoms with Crippen molar-refractivity contribution in [1.29, 1.82) is 0 Å². The van der Waals surface area contributed by atoms with Gasteiger partial charge in [0.05, 0.1) is 6.33 Å². The summed E-state index contributed by atoms with van der Waals surface area (Å²) in [6, 6.07) is 7.34. The molecule has 0 saturated heterocycles. The van der Waals surface area contributed by atoms with Crippen LogP contribution in [-0.4, -0.2) is 15.9 Å². The zero-order chi connectivity index (χ0) is 12.3. The molecule has 1 aromatic heterocycles. The number of carbonyl (C=O) groups excluding carboxylic acids is 1. The first kappa shape index (κ1) is 11.1. The smallest absolute Gasteiger partial charge is 0.263 e. The van der Waals surface area contributed by atoms with E-state index < -0.39 is 11.5 Å². The van der Waals surface area contributed by atoms with Crippen LogP contribution in [0.5, 0.6) is 0 Å². The monoisotopic (exact) mass is 229 g/mol. The summed E-state index contributed by atoms with van der Waals surface area (Å²) in [6.45, 7) is 1.92. The first-order chi connectivity index (χ1) is 8.16. The number of anilines is 1. The van der Waals surface area contributed by atoms with Gasteiger partial charge in [-0.15, -0.1) is 0 Å². The van der Waals surface area contributed by atoms with Crippen molar-refractivity contribution >= 4 is 11.6 Å². The van der Waals surface area contributed by atoms with Gasteiger partial charge in [-0.05, 0) is 24.6 Å². The van der Waals surface area contributed by atoms with Crippen LogP contribution in [0, 0.1) is 6.92 Å².